The van der Waals surface area contributed by atoms with E-state index in [1.54, 1.807) is 12.1 Å². The number of para-hydroxylation sites is 1. The fraction of sp³-hybridized carbons (Fsp3) is 0.500. The van der Waals surface area contributed by atoms with E-state index in [0.29, 0.717) is 12.1 Å². The topological polar surface area (TPSA) is 64.1 Å². The number of hydrogen-bond donors (Lipinski definition) is 1. The van der Waals surface area contributed by atoms with Gasteiger partial charge in [0.1, 0.15) is 0 Å². The molecule has 5 nitrogen and oxygen atoms in total. The zero-order valence-electron chi connectivity index (χ0n) is 15.7. The van der Waals surface area contributed by atoms with E-state index in [0.717, 1.165) is 17.8 Å². The summed E-state index contributed by atoms with van der Waals surface area (Å²) >= 11 is 0. The standard InChI is InChI=1S/C22H24FN3O2/c23-18-3-1-2-4-19(18)28-21-24-12-17(13-25-21)26-20(27)11-22-8-14-5-15(9-22)7-16(6-14)10-22/h1-4,12-16H,5-11H2,(H,26,27). The maximum Gasteiger partial charge on any atom is 0.322 e. The molecule has 1 amide bonds. The molecule has 2 aromatic rings. The highest BCUT2D eigenvalue weighted by atomic mass is 19.1. The lowest BCUT2D eigenvalue weighted by atomic mass is 9.49. The molecule has 1 N–H and O–H groups in total. The highest BCUT2D eigenvalue weighted by molar-refractivity contribution is 5.90. The van der Waals surface area contributed by atoms with Crippen molar-refractivity contribution in [2.45, 2.75) is 44.9 Å². The highest BCUT2D eigenvalue weighted by Crippen LogP contribution is 2.61. The minimum Gasteiger partial charge on any atom is -0.421 e. The van der Waals surface area contributed by atoms with Crippen LogP contribution >= 0.6 is 0 Å². The summed E-state index contributed by atoms with van der Waals surface area (Å²) in [6.45, 7) is 0. The number of nitrogens with zero attached hydrogens (tertiary/aromatic N) is 2. The summed E-state index contributed by atoms with van der Waals surface area (Å²) in [5.41, 5.74) is 0.740. The van der Waals surface area contributed by atoms with Gasteiger partial charge in [0.15, 0.2) is 11.6 Å². The Kier molecular flexibility index (Phi) is 4.29. The van der Waals surface area contributed by atoms with Crippen LogP contribution in [0.25, 0.3) is 0 Å². The van der Waals surface area contributed by atoms with Crippen molar-refractivity contribution < 1.29 is 13.9 Å². The predicted molar refractivity (Wildman–Crippen MR) is 102 cm³/mol. The number of carbonyl (C=O) groups excluding carboxylic acids is 1. The van der Waals surface area contributed by atoms with Crippen molar-refractivity contribution in [3.63, 3.8) is 0 Å². The summed E-state index contributed by atoms with van der Waals surface area (Å²) < 4.78 is 19.0. The zero-order chi connectivity index (χ0) is 19.1. The van der Waals surface area contributed by atoms with Gasteiger partial charge in [-0.3, -0.25) is 4.79 Å². The first-order chi connectivity index (χ1) is 13.6. The molecule has 146 valence electrons. The largest absolute Gasteiger partial charge is 0.421 e. The number of aromatic nitrogens is 2. The molecule has 28 heavy (non-hydrogen) atoms. The number of nitrogens with one attached hydrogen (secondary N) is 1. The van der Waals surface area contributed by atoms with Crippen molar-refractivity contribution in [2.24, 2.45) is 23.2 Å². The van der Waals surface area contributed by atoms with Gasteiger partial charge in [0.05, 0.1) is 18.1 Å². The van der Waals surface area contributed by atoms with Gasteiger partial charge in [-0.05, 0) is 73.8 Å². The molecule has 4 aliphatic rings. The lowest BCUT2D eigenvalue weighted by Crippen LogP contribution is -2.47. The second-order valence-corrected chi connectivity index (χ2v) is 8.93. The molecule has 0 atom stereocenters. The van der Waals surface area contributed by atoms with Crippen molar-refractivity contribution >= 4 is 11.6 Å². The molecule has 6 heteroatoms. The maximum atomic E-state index is 13.6. The third-order valence-electron chi connectivity index (χ3n) is 6.65. The van der Waals surface area contributed by atoms with E-state index in [4.69, 9.17) is 4.74 Å². The number of benzene rings is 1. The molecule has 4 aliphatic carbocycles. The number of ether oxygens (including phenoxy) is 1. The van der Waals surface area contributed by atoms with Crippen molar-refractivity contribution in [3.05, 3.63) is 42.5 Å². The minimum absolute atomic E-state index is 0.0355. The lowest BCUT2D eigenvalue weighted by Gasteiger charge is -2.56. The Morgan fingerprint density at radius 3 is 2.29 bits per heavy atom. The second-order valence-electron chi connectivity index (χ2n) is 8.93. The van der Waals surface area contributed by atoms with E-state index < -0.39 is 5.82 Å². The predicted octanol–water partition coefficient (Wildman–Crippen LogP) is 4.95. The number of carbonyl (C=O) groups is 1. The van der Waals surface area contributed by atoms with Gasteiger partial charge in [0, 0.05) is 6.42 Å². The third kappa shape index (κ3) is 3.48. The first kappa shape index (κ1) is 17.6. The van der Waals surface area contributed by atoms with Gasteiger partial charge < -0.3 is 10.1 Å². The fourth-order valence-corrected chi connectivity index (χ4v) is 6.11. The van der Waals surface area contributed by atoms with Gasteiger partial charge in [-0.1, -0.05) is 12.1 Å². The van der Waals surface area contributed by atoms with Gasteiger partial charge in [-0.25, -0.2) is 14.4 Å². The van der Waals surface area contributed by atoms with Gasteiger partial charge >= 0.3 is 6.01 Å². The summed E-state index contributed by atoms with van der Waals surface area (Å²) in [5, 5.41) is 2.93. The molecule has 1 aromatic carbocycles. The summed E-state index contributed by atoms with van der Waals surface area (Å²) in [5.74, 6) is 2.13. The summed E-state index contributed by atoms with van der Waals surface area (Å²) in [4.78, 5) is 20.8. The minimum atomic E-state index is -0.473. The molecule has 1 aromatic heterocycles. The molecule has 0 saturated heterocycles. The molecule has 0 spiro atoms. The normalized spacial score (nSPS) is 30.2. The molecular weight excluding hydrogens is 357 g/mol. The van der Waals surface area contributed by atoms with Crippen LogP contribution < -0.4 is 10.1 Å². The van der Waals surface area contributed by atoms with Gasteiger partial charge in [-0.15, -0.1) is 0 Å². The second kappa shape index (κ2) is 6.83. The van der Waals surface area contributed by atoms with Gasteiger partial charge in [-0.2, -0.15) is 0 Å². The molecule has 0 radical (unpaired) electrons. The Morgan fingerprint density at radius 2 is 1.68 bits per heavy atom. The molecule has 1 heterocycles. The van der Waals surface area contributed by atoms with Crippen LogP contribution in [-0.4, -0.2) is 15.9 Å². The highest BCUT2D eigenvalue weighted by Gasteiger charge is 2.51. The zero-order valence-corrected chi connectivity index (χ0v) is 15.7. The molecular formula is C22H24FN3O2. The first-order valence-corrected chi connectivity index (χ1v) is 10.1. The van der Waals surface area contributed by atoms with Gasteiger partial charge in [0.2, 0.25) is 5.91 Å². The SMILES string of the molecule is O=C(CC12CC3CC(CC(C3)C1)C2)Nc1cnc(Oc2ccccc2F)nc1. The third-order valence-corrected chi connectivity index (χ3v) is 6.65. The fourth-order valence-electron chi connectivity index (χ4n) is 6.11. The number of hydrogen-bond acceptors (Lipinski definition) is 4. The van der Waals surface area contributed by atoms with E-state index in [2.05, 4.69) is 15.3 Å². The lowest BCUT2D eigenvalue weighted by molar-refractivity contribution is -0.124. The van der Waals surface area contributed by atoms with Crippen LogP contribution in [0.1, 0.15) is 44.9 Å². The molecule has 4 fully saturated rings. The van der Waals surface area contributed by atoms with Crippen LogP contribution in [0.3, 0.4) is 0 Å². The average Bonchev–Trinajstić information content (AvgIpc) is 2.63. The molecule has 6 rings (SSSR count). The van der Waals surface area contributed by atoms with E-state index in [-0.39, 0.29) is 23.1 Å². The van der Waals surface area contributed by atoms with Crippen LogP contribution in [0.15, 0.2) is 36.7 Å². The summed E-state index contributed by atoms with van der Waals surface area (Å²) in [6, 6.07) is 6.14. The Morgan fingerprint density at radius 1 is 1.07 bits per heavy atom. The summed E-state index contributed by atoms with van der Waals surface area (Å²) in [6.07, 6.45) is 11.3. The van der Waals surface area contributed by atoms with E-state index in [9.17, 15) is 9.18 Å². The molecule has 4 bridgehead atoms. The van der Waals surface area contributed by atoms with Gasteiger partial charge in [0.25, 0.3) is 0 Å². The summed E-state index contributed by atoms with van der Waals surface area (Å²) in [7, 11) is 0. The molecule has 0 aliphatic heterocycles. The van der Waals surface area contributed by atoms with Crippen LogP contribution in [0, 0.1) is 29.0 Å². The van der Waals surface area contributed by atoms with Crippen LogP contribution in [0.4, 0.5) is 10.1 Å². The Balaban J connectivity index is 1.21. The van der Waals surface area contributed by atoms with E-state index in [1.807, 2.05) is 0 Å². The Bertz CT molecular complexity index is 848. The van der Waals surface area contributed by atoms with Crippen molar-refractivity contribution in [3.8, 4) is 11.8 Å². The van der Waals surface area contributed by atoms with Crippen LogP contribution in [-0.2, 0) is 4.79 Å². The van der Waals surface area contributed by atoms with Crippen molar-refractivity contribution in [1.82, 2.24) is 9.97 Å². The average molecular weight is 381 g/mol. The van der Waals surface area contributed by atoms with Crippen molar-refractivity contribution in [1.29, 1.82) is 0 Å². The van der Waals surface area contributed by atoms with E-state index >= 15 is 0 Å². The van der Waals surface area contributed by atoms with Crippen LogP contribution in [0.2, 0.25) is 0 Å². The van der Waals surface area contributed by atoms with Crippen LogP contribution in [0.5, 0.6) is 11.8 Å². The number of anilines is 1. The number of amides is 1. The molecule has 0 unspecified atom stereocenters. The number of halogens is 1. The number of rotatable bonds is 5. The van der Waals surface area contributed by atoms with E-state index in [1.165, 1.54) is 63.1 Å². The smallest absolute Gasteiger partial charge is 0.322 e. The quantitative estimate of drug-likeness (QED) is 0.796. The maximum absolute atomic E-state index is 13.6. The Labute approximate surface area is 163 Å². The first-order valence-electron chi connectivity index (χ1n) is 10.1. The van der Waals surface area contributed by atoms with Crippen molar-refractivity contribution in [2.75, 3.05) is 5.32 Å². The Hall–Kier alpha value is -2.50. The molecule has 4 saturated carbocycles. The monoisotopic (exact) mass is 381 g/mol.